The summed E-state index contributed by atoms with van der Waals surface area (Å²) >= 11 is 0. The van der Waals surface area contributed by atoms with E-state index in [2.05, 4.69) is 4.99 Å². The third kappa shape index (κ3) is 1.80. The van der Waals surface area contributed by atoms with Crippen molar-refractivity contribution in [2.75, 3.05) is 12.8 Å². The lowest BCUT2D eigenvalue weighted by atomic mass is 10.1. The fourth-order valence-corrected chi connectivity index (χ4v) is 0.951. The predicted molar refractivity (Wildman–Crippen MR) is 49.1 cm³/mol. The van der Waals surface area contributed by atoms with Crippen LogP contribution in [0.25, 0.3) is 0 Å². The number of nitrogens with two attached hydrogens (primary N) is 1. The van der Waals surface area contributed by atoms with Gasteiger partial charge < -0.3 is 5.73 Å². The second-order valence-corrected chi connectivity index (χ2v) is 2.52. The van der Waals surface area contributed by atoms with Crippen LogP contribution >= 0.6 is 0 Å². The summed E-state index contributed by atoms with van der Waals surface area (Å²) in [5.41, 5.74) is 8.66. The lowest BCUT2D eigenvalue weighted by molar-refractivity contribution is 1.44. The van der Waals surface area contributed by atoms with Crippen molar-refractivity contribution in [3.63, 3.8) is 0 Å². The molecule has 0 unspecified atom stereocenters. The van der Waals surface area contributed by atoms with Gasteiger partial charge in [0, 0.05) is 24.5 Å². The van der Waals surface area contributed by atoms with Crippen LogP contribution in [0, 0.1) is 6.92 Å². The van der Waals surface area contributed by atoms with E-state index in [0.717, 1.165) is 11.3 Å². The summed E-state index contributed by atoms with van der Waals surface area (Å²) in [5.74, 6) is 0. The van der Waals surface area contributed by atoms with E-state index in [-0.39, 0.29) is 0 Å². The average molecular weight is 148 g/mol. The number of nitrogen functional groups attached to an aromatic ring is 1. The molecule has 0 spiro atoms. The molecule has 0 radical (unpaired) electrons. The van der Waals surface area contributed by atoms with Crippen LogP contribution < -0.4 is 5.73 Å². The number of benzene rings is 1. The molecule has 2 nitrogen and oxygen atoms in total. The molecule has 0 aliphatic carbocycles. The van der Waals surface area contributed by atoms with Crippen LogP contribution in [0.5, 0.6) is 0 Å². The van der Waals surface area contributed by atoms with Gasteiger partial charge in [-0.1, -0.05) is 12.1 Å². The summed E-state index contributed by atoms with van der Waals surface area (Å²) in [6, 6.07) is 5.93. The maximum Gasteiger partial charge on any atom is 0.0405 e. The van der Waals surface area contributed by atoms with Crippen molar-refractivity contribution in [2.45, 2.75) is 6.92 Å². The SMILES string of the molecule is CN=Cc1ccc(C)cc1N. The van der Waals surface area contributed by atoms with E-state index in [4.69, 9.17) is 5.73 Å². The fraction of sp³-hybridized carbons (Fsp3) is 0.222. The van der Waals surface area contributed by atoms with Crippen LogP contribution in [0.1, 0.15) is 11.1 Å². The van der Waals surface area contributed by atoms with Crippen LogP contribution in [-0.4, -0.2) is 13.3 Å². The topological polar surface area (TPSA) is 38.4 Å². The molecular formula is C9H12N2. The zero-order valence-corrected chi connectivity index (χ0v) is 6.83. The van der Waals surface area contributed by atoms with Gasteiger partial charge in [0.1, 0.15) is 0 Å². The third-order valence-electron chi connectivity index (χ3n) is 1.51. The smallest absolute Gasteiger partial charge is 0.0405 e. The standard InChI is InChI=1S/C9H12N2/c1-7-3-4-8(6-11-2)9(10)5-7/h3-6H,10H2,1-2H3. The zero-order valence-electron chi connectivity index (χ0n) is 6.83. The lowest BCUT2D eigenvalue weighted by Crippen LogP contribution is -1.93. The summed E-state index contributed by atoms with van der Waals surface area (Å²) in [6.07, 6.45) is 1.76. The molecule has 58 valence electrons. The normalized spacial score (nSPS) is 10.7. The van der Waals surface area contributed by atoms with Gasteiger partial charge in [-0.25, -0.2) is 0 Å². The van der Waals surface area contributed by atoms with Crippen LogP contribution in [0.2, 0.25) is 0 Å². The van der Waals surface area contributed by atoms with Gasteiger partial charge in [0.15, 0.2) is 0 Å². The minimum atomic E-state index is 0.788. The first-order chi connectivity index (χ1) is 5.24. The Morgan fingerprint density at radius 2 is 2.18 bits per heavy atom. The van der Waals surface area contributed by atoms with Gasteiger partial charge in [-0.2, -0.15) is 0 Å². The number of nitrogens with zero attached hydrogens (tertiary/aromatic N) is 1. The largest absolute Gasteiger partial charge is 0.398 e. The Kier molecular flexibility index (Phi) is 2.26. The van der Waals surface area contributed by atoms with E-state index in [9.17, 15) is 0 Å². The van der Waals surface area contributed by atoms with Crippen LogP contribution in [-0.2, 0) is 0 Å². The van der Waals surface area contributed by atoms with E-state index in [1.165, 1.54) is 5.56 Å². The van der Waals surface area contributed by atoms with Gasteiger partial charge in [-0.05, 0) is 18.6 Å². The van der Waals surface area contributed by atoms with Gasteiger partial charge in [0.05, 0.1) is 0 Å². The minimum absolute atomic E-state index is 0.788. The molecule has 0 aliphatic heterocycles. The van der Waals surface area contributed by atoms with E-state index in [1.54, 1.807) is 13.3 Å². The highest BCUT2D eigenvalue weighted by atomic mass is 14.6. The molecule has 0 amide bonds. The number of aryl methyl sites for hydroxylation is 1. The molecule has 0 aliphatic rings. The number of hydrogen-bond acceptors (Lipinski definition) is 2. The molecular weight excluding hydrogens is 136 g/mol. The van der Waals surface area contributed by atoms with Crippen molar-refractivity contribution in [1.29, 1.82) is 0 Å². The second kappa shape index (κ2) is 3.19. The second-order valence-electron chi connectivity index (χ2n) is 2.52. The predicted octanol–water partition coefficient (Wildman–Crippen LogP) is 1.63. The van der Waals surface area contributed by atoms with Crippen molar-refractivity contribution in [2.24, 2.45) is 4.99 Å². The van der Waals surface area contributed by atoms with E-state index >= 15 is 0 Å². The van der Waals surface area contributed by atoms with Crippen molar-refractivity contribution in [3.8, 4) is 0 Å². The quantitative estimate of drug-likeness (QED) is 0.477. The van der Waals surface area contributed by atoms with Crippen LogP contribution in [0.3, 0.4) is 0 Å². The summed E-state index contributed by atoms with van der Waals surface area (Å²) in [5, 5.41) is 0. The summed E-state index contributed by atoms with van der Waals surface area (Å²) in [6.45, 7) is 2.02. The van der Waals surface area contributed by atoms with Crippen molar-refractivity contribution >= 4 is 11.9 Å². The maximum atomic E-state index is 5.72. The van der Waals surface area contributed by atoms with E-state index in [1.807, 2.05) is 25.1 Å². The number of anilines is 1. The average Bonchev–Trinajstić information content (AvgIpc) is 1.95. The van der Waals surface area contributed by atoms with Crippen molar-refractivity contribution < 1.29 is 0 Å². The number of hydrogen-bond donors (Lipinski definition) is 1. The first-order valence-corrected chi connectivity index (χ1v) is 3.52. The molecule has 0 bridgehead atoms. The Morgan fingerprint density at radius 3 is 2.73 bits per heavy atom. The van der Waals surface area contributed by atoms with Crippen molar-refractivity contribution in [1.82, 2.24) is 0 Å². The molecule has 0 atom stereocenters. The molecule has 1 rings (SSSR count). The van der Waals surface area contributed by atoms with Crippen LogP contribution in [0.15, 0.2) is 23.2 Å². The summed E-state index contributed by atoms with van der Waals surface area (Å²) in [4.78, 5) is 3.89. The van der Waals surface area contributed by atoms with Gasteiger partial charge >= 0.3 is 0 Å². The van der Waals surface area contributed by atoms with Gasteiger partial charge in [0.2, 0.25) is 0 Å². The molecule has 0 aromatic heterocycles. The third-order valence-corrected chi connectivity index (χ3v) is 1.51. The molecule has 1 aromatic rings. The lowest BCUT2D eigenvalue weighted by Gasteiger charge is -1.99. The Bertz CT molecular complexity index is 277. The number of rotatable bonds is 1. The molecule has 2 N–H and O–H groups in total. The maximum absolute atomic E-state index is 5.72. The van der Waals surface area contributed by atoms with E-state index < -0.39 is 0 Å². The van der Waals surface area contributed by atoms with Gasteiger partial charge in [-0.3, -0.25) is 4.99 Å². The first-order valence-electron chi connectivity index (χ1n) is 3.52. The molecule has 11 heavy (non-hydrogen) atoms. The minimum Gasteiger partial charge on any atom is -0.398 e. The first kappa shape index (κ1) is 7.79. The van der Waals surface area contributed by atoms with Gasteiger partial charge in [0.25, 0.3) is 0 Å². The van der Waals surface area contributed by atoms with Gasteiger partial charge in [-0.15, -0.1) is 0 Å². The molecule has 2 heteroatoms. The zero-order chi connectivity index (χ0) is 8.27. The highest BCUT2D eigenvalue weighted by molar-refractivity contribution is 5.86. The summed E-state index contributed by atoms with van der Waals surface area (Å²) in [7, 11) is 1.74. The van der Waals surface area contributed by atoms with Crippen molar-refractivity contribution in [3.05, 3.63) is 29.3 Å². The van der Waals surface area contributed by atoms with Crippen LogP contribution in [0.4, 0.5) is 5.69 Å². The summed E-state index contributed by atoms with van der Waals surface area (Å²) < 4.78 is 0. The fourth-order valence-electron chi connectivity index (χ4n) is 0.951. The molecule has 0 fully saturated rings. The molecule has 1 aromatic carbocycles. The Morgan fingerprint density at radius 1 is 1.45 bits per heavy atom. The monoisotopic (exact) mass is 148 g/mol. The molecule has 0 heterocycles. The highest BCUT2D eigenvalue weighted by Gasteiger charge is 1.93. The molecule has 0 saturated heterocycles. The molecule has 0 saturated carbocycles. The number of aliphatic imine (C=N–C) groups is 1. The Labute approximate surface area is 66.8 Å². The van der Waals surface area contributed by atoms with E-state index in [0.29, 0.717) is 0 Å². The Balaban J connectivity index is 3.09. The highest BCUT2D eigenvalue weighted by Crippen LogP contribution is 2.10. The Hall–Kier alpha value is -1.31.